The molecular weight excluding hydrogens is 330 g/mol. The topological polar surface area (TPSA) is 45.2 Å². The molecule has 2 heterocycles. The maximum Gasteiger partial charge on any atom is 0.244 e. The smallest absolute Gasteiger partial charge is 0.244 e. The Kier molecular flexibility index (Phi) is 5.05. The van der Waals surface area contributed by atoms with Gasteiger partial charge < -0.3 is 10.2 Å². The number of halogens is 2. The van der Waals surface area contributed by atoms with Gasteiger partial charge in [-0.25, -0.2) is 4.98 Å². The first-order chi connectivity index (χ1) is 9.08. The number of carbonyl (C=O) groups is 1. The van der Waals surface area contributed by atoms with Crippen molar-refractivity contribution in [3.8, 4) is 0 Å². The van der Waals surface area contributed by atoms with Crippen molar-refractivity contribution in [1.82, 2.24) is 9.88 Å². The third-order valence-electron chi connectivity index (χ3n) is 3.20. The zero-order valence-electron chi connectivity index (χ0n) is 10.8. The van der Waals surface area contributed by atoms with Crippen molar-refractivity contribution in [2.45, 2.75) is 32.2 Å². The molecule has 0 radical (unpaired) electrons. The van der Waals surface area contributed by atoms with Crippen LogP contribution in [0.3, 0.4) is 0 Å². The van der Waals surface area contributed by atoms with E-state index in [1.54, 1.807) is 12.3 Å². The Morgan fingerprint density at radius 1 is 1.47 bits per heavy atom. The van der Waals surface area contributed by atoms with Crippen LogP contribution in [-0.4, -0.2) is 34.9 Å². The van der Waals surface area contributed by atoms with Gasteiger partial charge in [-0.15, -0.1) is 0 Å². The normalized spacial score (nSPS) is 17.1. The maximum absolute atomic E-state index is 12.3. The van der Waals surface area contributed by atoms with Crippen LogP contribution >= 0.6 is 27.5 Å². The van der Waals surface area contributed by atoms with E-state index in [1.165, 1.54) is 6.42 Å². The van der Waals surface area contributed by atoms with Crippen LogP contribution in [0.25, 0.3) is 0 Å². The second kappa shape index (κ2) is 6.57. The van der Waals surface area contributed by atoms with E-state index in [9.17, 15) is 4.79 Å². The predicted molar refractivity (Wildman–Crippen MR) is 80.5 cm³/mol. The third-order valence-corrected chi connectivity index (χ3v) is 3.92. The highest BCUT2D eigenvalue weighted by Crippen LogP contribution is 2.23. The number of likely N-dealkylation sites (tertiary alicyclic amines) is 1. The second-order valence-corrected chi connectivity index (χ2v) is 6.06. The lowest BCUT2D eigenvalue weighted by molar-refractivity contribution is -0.132. The highest BCUT2D eigenvalue weighted by Gasteiger charge is 2.22. The van der Waals surface area contributed by atoms with Gasteiger partial charge in [0.1, 0.15) is 11.9 Å². The molecule has 0 bridgehead atoms. The summed E-state index contributed by atoms with van der Waals surface area (Å²) in [5.74, 6) is 0.656. The van der Waals surface area contributed by atoms with E-state index in [0.29, 0.717) is 10.8 Å². The molecule has 1 amide bonds. The van der Waals surface area contributed by atoms with Gasteiger partial charge in [0.2, 0.25) is 5.91 Å². The van der Waals surface area contributed by atoms with Gasteiger partial charge in [-0.3, -0.25) is 4.79 Å². The molecule has 1 saturated heterocycles. The largest absolute Gasteiger partial charge is 0.357 e. The zero-order valence-corrected chi connectivity index (χ0v) is 13.2. The number of anilines is 1. The molecule has 0 aromatic carbocycles. The molecule has 0 spiro atoms. The fourth-order valence-corrected chi connectivity index (χ4v) is 2.86. The van der Waals surface area contributed by atoms with Crippen LogP contribution in [0, 0.1) is 0 Å². The molecule has 1 aliphatic rings. The summed E-state index contributed by atoms with van der Waals surface area (Å²) < 4.78 is 0.818. The molecule has 0 aliphatic carbocycles. The van der Waals surface area contributed by atoms with Gasteiger partial charge >= 0.3 is 0 Å². The van der Waals surface area contributed by atoms with Crippen LogP contribution in [-0.2, 0) is 4.79 Å². The molecule has 1 aromatic heterocycles. The second-order valence-electron chi connectivity index (χ2n) is 4.74. The Hall–Kier alpha value is -0.810. The van der Waals surface area contributed by atoms with Gasteiger partial charge in [-0.1, -0.05) is 11.6 Å². The minimum absolute atomic E-state index is 0.112. The molecule has 1 atom stereocenters. The number of nitrogens with one attached hydrogen (secondary N) is 1. The van der Waals surface area contributed by atoms with Crippen LogP contribution < -0.4 is 5.32 Å². The summed E-state index contributed by atoms with van der Waals surface area (Å²) in [5, 5.41) is 3.59. The van der Waals surface area contributed by atoms with Gasteiger partial charge in [0.15, 0.2) is 0 Å². The number of amides is 1. The summed E-state index contributed by atoms with van der Waals surface area (Å²) in [7, 11) is 0. The Labute approximate surface area is 126 Å². The lowest BCUT2D eigenvalue weighted by Crippen LogP contribution is -2.44. The quantitative estimate of drug-likeness (QED) is 0.913. The number of hydrogen-bond donors (Lipinski definition) is 1. The van der Waals surface area contributed by atoms with E-state index in [-0.39, 0.29) is 11.9 Å². The molecule has 19 heavy (non-hydrogen) atoms. The van der Waals surface area contributed by atoms with Gasteiger partial charge in [-0.2, -0.15) is 0 Å². The Bertz CT molecular complexity index is 463. The van der Waals surface area contributed by atoms with E-state index in [1.807, 2.05) is 11.8 Å². The molecule has 0 saturated carbocycles. The summed E-state index contributed by atoms with van der Waals surface area (Å²) >= 11 is 9.39. The summed E-state index contributed by atoms with van der Waals surface area (Å²) in [6.07, 6.45) is 5.06. The van der Waals surface area contributed by atoms with Crippen molar-refractivity contribution in [1.29, 1.82) is 0 Å². The molecule has 1 unspecified atom stereocenters. The van der Waals surface area contributed by atoms with Crippen molar-refractivity contribution in [3.05, 3.63) is 21.8 Å². The molecule has 6 heteroatoms. The number of nitrogens with zero attached hydrogens (tertiary/aromatic N) is 2. The minimum atomic E-state index is -0.315. The van der Waals surface area contributed by atoms with Crippen molar-refractivity contribution < 1.29 is 4.79 Å². The average molecular weight is 347 g/mol. The van der Waals surface area contributed by atoms with Crippen molar-refractivity contribution >= 4 is 39.3 Å². The first kappa shape index (κ1) is 14.6. The Balaban J connectivity index is 1.99. The number of piperidine rings is 1. The number of pyridine rings is 1. The van der Waals surface area contributed by atoms with Gasteiger partial charge in [-0.05, 0) is 48.2 Å². The van der Waals surface area contributed by atoms with Crippen LogP contribution in [0.15, 0.2) is 16.7 Å². The molecule has 1 N–H and O–H groups in total. The molecule has 1 aromatic rings. The first-order valence-corrected chi connectivity index (χ1v) is 7.61. The summed E-state index contributed by atoms with van der Waals surface area (Å²) in [6.45, 7) is 3.55. The molecule has 1 aliphatic heterocycles. The first-order valence-electron chi connectivity index (χ1n) is 6.44. The highest BCUT2D eigenvalue weighted by molar-refractivity contribution is 9.10. The van der Waals surface area contributed by atoms with Crippen LogP contribution in [0.1, 0.15) is 26.2 Å². The number of hydrogen-bond acceptors (Lipinski definition) is 3. The number of rotatable bonds is 3. The fraction of sp³-hybridized carbons (Fsp3) is 0.538. The van der Waals surface area contributed by atoms with Gasteiger partial charge in [0.05, 0.1) is 5.02 Å². The average Bonchev–Trinajstić information content (AvgIpc) is 2.42. The Morgan fingerprint density at radius 2 is 2.16 bits per heavy atom. The summed E-state index contributed by atoms with van der Waals surface area (Å²) in [6, 6.07) is 1.44. The van der Waals surface area contributed by atoms with Gasteiger partial charge in [0, 0.05) is 23.8 Å². The van der Waals surface area contributed by atoms with E-state index in [4.69, 9.17) is 11.6 Å². The maximum atomic E-state index is 12.3. The predicted octanol–water partition coefficient (Wildman–Crippen LogP) is 3.31. The van der Waals surface area contributed by atoms with E-state index in [0.717, 1.165) is 30.4 Å². The lowest BCUT2D eigenvalue weighted by atomic mass is 10.1. The van der Waals surface area contributed by atoms with Gasteiger partial charge in [0.25, 0.3) is 0 Å². The van der Waals surface area contributed by atoms with Crippen molar-refractivity contribution in [2.24, 2.45) is 0 Å². The van der Waals surface area contributed by atoms with Crippen LogP contribution in [0.5, 0.6) is 0 Å². The molecule has 2 rings (SSSR count). The standard InChI is InChI=1S/C13H17BrClN3O/c1-9(13(19)18-5-3-2-4-6-18)17-12-11(15)7-10(14)8-16-12/h7-9H,2-6H2,1H3,(H,16,17). The molecule has 104 valence electrons. The number of aromatic nitrogens is 1. The zero-order chi connectivity index (χ0) is 13.8. The van der Waals surface area contributed by atoms with E-state index >= 15 is 0 Å². The van der Waals surface area contributed by atoms with Crippen LogP contribution in [0.2, 0.25) is 5.02 Å². The third kappa shape index (κ3) is 3.83. The van der Waals surface area contributed by atoms with Crippen molar-refractivity contribution in [3.63, 3.8) is 0 Å². The number of carbonyl (C=O) groups excluding carboxylic acids is 1. The highest BCUT2D eigenvalue weighted by atomic mass is 79.9. The Morgan fingerprint density at radius 3 is 2.79 bits per heavy atom. The molecule has 1 fully saturated rings. The summed E-state index contributed by atoms with van der Waals surface area (Å²) in [5.41, 5.74) is 0. The van der Waals surface area contributed by atoms with Crippen molar-refractivity contribution in [2.75, 3.05) is 18.4 Å². The fourth-order valence-electron chi connectivity index (χ4n) is 2.18. The van der Waals surface area contributed by atoms with E-state index in [2.05, 4.69) is 26.2 Å². The lowest BCUT2D eigenvalue weighted by Gasteiger charge is -2.29. The monoisotopic (exact) mass is 345 g/mol. The molecular formula is C13H17BrClN3O. The van der Waals surface area contributed by atoms with E-state index < -0.39 is 0 Å². The summed E-state index contributed by atoms with van der Waals surface area (Å²) in [4.78, 5) is 18.4. The minimum Gasteiger partial charge on any atom is -0.357 e. The molecule has 4 nitrogen and oxygen atoms in total. The SMILES string of the molecule is CC(Nc1ncc(Br)cc1Cl)C(=O)N1CCCCC1. The van der Waals surface area contributed by atoms with Crippen LogP contribution in [0.4, 0.5) is 5.82 Å².